The largest absolute Gasteiger partial charge is 1.00 e. The fourth-order valence-electron chi connectivity index (χ4n) is 3.92. The van der Waals surface area contributed by atoms with Crippen molar-refractivity contribution >= 4 is 27.6 Å². The Morgan fingerprint density at radius 1 is 1.00 bits per heavy atom. The maximum absolute atomic E-state index is 10.7. The molecule has 0 spiro atoms. The third-order valence-corrected chi connectivity index (χ3v) is 5.57. The number of fused-ring (bicyclic) bond motifs is 2. The van der Waals surface area contributed by atoms with Gasteiger partial charge in [-0.05, 0) is 41.6 Å². The first kappa shape index (κ1) is 25.7. The summed E-state index contributed by atoms with van der Waals surface area (Å²) < 4.78 is 16.7. The van der Waals surface area contributed by atoms with E-state index in [1.165, 1.54) is 0 Å². The molecule has 0 atom stereocenters. The van der Waals surface area contributed by atoms with E-state index in [0.29, 0.717) is 29.2 Å². The van der Waals surface area contributed by atoms with Gasteiger partial charge in [-0.1, -0.05) is 25.1 Å². The van der Waals surface area contributed by atoms with E-state index in [1.54, 1.807) is 20.3 Å². The second-order valence-electron chi connectivity index (χ2n) is 7.61. The summed E-state index contributed by atoms with van der Waals surface area (Å²) in [5, 5.41) is 13.7. The minimum Gasteiger partial charge on any atom is -0.550 e. The molecule has 0 N–H and O–H groups in total. The van der Waals surface area contributed by atoms with Crippen LogP contribution in [-0.4, -0.2) is 36.8 Å². The zero-order valence-corrected chi connectivity index (χ0v) is 21.9. The van der Waals surface area contributed by atoms with Gasteiger partial charge in [-0.3, -0.25) is 4.98 Å². The summed E-state index contributed by atoms with van der Waals surface area (Å²) in [5.74, 6) is 0.729. The molecule has 8 heteroatoms. The number of pyridine rings is 2. The van der Waals surface area contributed by atoms with Gasteiger partial charge >= 0.3 is 29.6 Å². The van der Waals surface area contributed by atoms with Crippen LogP contribution in [0.1, 0.15) is 30.3 Å². The van der Waals surface area contributed by atoms with Gasteiger partial charge in [0.05, 0.1) is 20.8 Å². The molecule has 0 radical (unpaired) electrons. The quantitative estimate of drug-likeness (QED) is 0.330. The van der Waals surface area contributed by atoms with E-state index in [4.69, 9.17) is 19.2 Å². The van der Waals surface area contributed by atoms with Crippen molar-refractivity contribution in [2.24, 2.45) is 0 Å². The number of aromatic nitrogens is 2. The molecule has 0 saturated heterocycles. The van der Waals surface area contributed by atoms with Crippen molar-refractivity contribution in [1.29, 1.82) is 0 Å². The first-order valence-electron chi connectivity index (χ1n) is 10.8. The zero-order valence-electron chi connectivity index (χ0n) is 19.9. The van der Waals surface area contributed by atoms with Crippen LogP contribution >= 0.6 is 0 Å². The number of carboxylic acid groups (broad SMARTS) is 1. The molecule has 0 bridgehead atoms. The number of methoxy groups -OCH3 is 2. The number of para-hydroxylation sites is 1. The SMILES string of the molecule is CCc1ncc(Cc2ccc3cccc(OCCC(=O)[O-])c3n2)c2cc(OC)c(OC)cc12.[Na+]. The van der Waals surface area contributed by atoms with E-state index in [9.17, 15) is 9.90 Å². The van der Waals surface area contributed by atoms with Crippen LogP contribution in [0, 0.1) is 0 Å². The average molecular weight is 468 g/mol. The Hall–Kier alpha value is -2.87. The molecule has 7 nitrogen and oxygen atoms in total. The molecular weight excluding hydrogens is 443 g/mol. The van der Waals surface area contributed by atoms with Crippen molar-refractivity contribution in [3.63, 3.8) is 0 Å². The number of hydrogen-bond donors (Lipinski definition) is 0. The number of carbonyl (C=O) groups is 1. The fraction of sp³-hybridized carbons (Fsp3) is 0.269. The number of carbonyl (C=O) groups excluding carboxylic acids is 1. The molecule has 4 rings (SSSR count). The summed E-state index contributed by atoms with van der Waals surface area (Å²) >= 11 is 0. The maximum Gasteiger partial charge on any atom is 1.00 e. The van der Waals surface area contributed by atoms with Crippen molar-refractivity contribution in [2.75, 3.05) is 20.8 Å². The minimum atomic E-state index is -1.15. The summed E-state index contributed by atoms with van der Waals surface area (Å²) in [7, 11) is 3.25. The first-order chi connectivity index (χ1) is 16.0. The van der Waals surface area contributed by atoms with E-state index in [2.05, 4.69) is 11.9 Å². The van der Waals surface area contributed by atoms with Gasteiger partial charge < -0.3 is 24.1 Å². The van der Waals surface area contributed by atoms with Crippen molar-refractivity contribution in [3.8, 4) is 17.2 Å². The van der Waals surface area contributed by atoms with Crippen molar-refractivity contribution < 1.29 is 53.7 Å². The van der Waals surface area contributed by atoms with Gasteiger partial charge in [0.1, 0.15) is 11.3 Å². The third-order valence-electron chi connectivity index (χ3n) is 5.57. The summed E-state index contributed by atoms with van der Waals surface area (Å²) in [5.41, 5.74) is 3.55. The van der Waals surface area contributed by atoms with Gasteiger partial charge in [0.2, 0.25) is 0 Å². The van der Waals surface area contributed by atoms with E-state index >= 15 is 0 Å². The molecule has 4 aromatic rings. The number of hydrogen-bond acceptors (Lipinski definition) is 7. The summed E-state index contributed by atoms with van der Waals surface area (Å²) in [4.78, 5) is 20.2. The third kappa shape index (κ3) is 5.43. The average Bonchev–Trinajstić information content (AvgIpc) is 2.83. The number of benzene rings is 2. The molecule has 34 heavy (non-hydrogen) atoms. The molecule has 2 aromatic carbocycles. The van der Waals surface area contributed by atoms with Gasteiger partial charge in [-0.2, -0.15) is 0 Å². The molecule has 0 saturated carbocycles. The van der Waals surface area contributed by atoms with Crippen LogP contribution in [0.2, 0.25) is 0 Å². The van der Waals surface area contributed by atoms with Gasteiger partial charge in [-0.15, -0.1) is 0 Å². The number of aliphatic carboxylic acids is 1. The predicted octanol–water partition coefficient (Wildman–Crippen LogP) is 0.476. The zero-order chi connectivity index (χ0) is 23.4. The molecule has 0 fully saturated rings. The minimum absolute atomic E-state index is 0. The Bertz CT molecular complexity index is 1330. The molecule has 0 aliphatic heterocycles. The molecule has 0 unspecified atom stereocenters. The maximum atomic E-state index is 10.7. The number of rotatable bonds is 9. The van der Waals surface area contributed by atoms with Crippen molar-refractivity contribution in [2.45, 2.75) is 26.2 Å². The van der Waals surface area contributed by atoms with E-state index in [-0.39, 0.29) is 42.6 Å². The van der Waals surface area contributed by atoms with E-state index < -0.39 is 5.97 Å². The molecule has 2 heterocycles. The number of ether oxygens (including phenoxy) is 3. The van der Waals surface area contributed by atoms with Gasteiger partial charge in [-0.25, -0.2) is 4.98 Å². The summed E-state index contributed by atoms with van der Waals surface area (Å²) in [6.45, 7) is 2.10. The van der Waals surface area contributed by atoms with Crippen LogP contribution in [0.25, 0.3) is 21.7 Å². The van der Waals surface area contributed by atoms with Crippen molar-refractivity contribution in [1.82, 2.24) is 9.97 Å². The summed E-state index contributed by atoms with van der Waals surface area (Å²) in [6.07, 6.45) is 3.07. The fourth-order valence-corrected chi connectivity index (χ4v) is 3.92. The Balaban J connectivity index is 0.00000324. The standard InChI is InChI=1S/C26H26N2O5.Na/c1-4-21-20-14-24(32-3)23(31-2)13-19(20)17(15-27-21)12-18-9-8-16-6-5-7-22(26(16)28-18)33-11-10-25(29)30;/h5-9,13-15H,4,10-12H2,1-3H3,(H,29,30);/q;+1/p-1. The topological polar surface area (TPSA) is 93.6 Å². The second kappa shape index (κ2) is 11.5. The molecular formula is C26H25N2NaO5. The molecule has 170 valence electrons. The smallest absolute Gasteiger partial charge is 0.550 e. The van der Waals surface area contributed by atoms with Crippen LogP contribution < -0.4 is 48.9 Å². The van der Waals surface area contributed by atoms with E-state index in [0.717, 1.165) is 39.5 Å². The predicted molar refractivity (Wildman–Crippen MR) is 124 cm³/mol. The van der Waals surface area contributed by atoms with Crippen LogP contribution in [-0.2, 0) is 17.6 Å². The Kier molecular flexibility index (Phi) is 8.72. The van der Waals surface area contributed by atoms with Crippen LogP contribution in [0.5, 0.6) is 17.2 Å². The van der Waals surface area contributed by atoms with Gasteiger partial charge in [0.15, 0.2) is 11.5 Å². The summed E-state index contributed by atoms with van der Waals surface area (Å²) in [6, 6.07) is 13.5. The number of nitrogens with zero attached hydrogens (tertiary/aromatic N) is 2. The van der Waals surface area contributed by atoms with Crippen LogP contribution in [0.15, 0.2) is 48.7 Å². The second-order valence-corrected chi connectivity index (χ2v) is 7.61. The van der Waals surface area contributed by atoms with E-state index in [1.807, 2.05) is 42.6 Å². The Morgan fingerprint density at radius 2 is 1.74 bits per heavy atom. The molecule has 0 amide bonds. The Morgan fingerprint density at radius 3 is 2.41 bits per heavy atom. The van der Waals surface area contributed by atoms with Gasteiger partial charge in [0.25, 0.3) is 0 Å². The van der Waals surface area contributed by atoms with Crippen LogP contribution in [0.3, 0.4) is 0 Å². The molecule has 2 aromatic heterocycles. The molecule has 0 aliphatic carbocycles. The molecule has 0 aliphatic rings. The number of carboxylic acids is 1. The monoisotopic (exact) mass is 468 g/mol. The van der Waals surface area contributed by atoms with Crippen LogP contribution in [0.4, 0.5) is 0 Å². The first-order valence-corrected chi connectivity index (χ1v) is 10.8. The Labute approximate surface area is 220 Å². The normalized spacial score (nSPS) is 10.7. The van der Waals surface area contributed by atoms with Gasteiger partial charge in [0, 0.05) is 47.2 Å². The van der Waals surface area contributed by atoms with Crippen molar-refractivity contribution in [3.05, 3.63) is 65.6 Å². The number of aryl methyl sites for hydroxylation is 1.